The topological polar surface area (TPSA) is 98.0 Å². The Bertz CT molecular complexity index is 664. The zero-order chi connectivity index (χ0) is 14.5. The highest BCUT2D eigenvalue weighted by molar-refractivity contribution is 7.15. The van der Waals surface area contributed by atoms with E-state index in [9.17, 15) is 14.9 Å². The molecule has 2 aromatic rings. The van der Waals surface area contributed by atoms with Crippen molar-refractivity contribution in [2.45, 2.75) is 6.92 Å². The smallest absolute Gasteiger partial charge is 0.269 e. The van der Waals surface area contributed by atoms with Crippen LogP contribution in [0.1, 0.15) is 10.6 Å². The van der Waals surface area contributed by atoms with Gasteiger partial charge in [-0.1, -0.05) is 11.3 Å². The first-order valence-corrected chi connectivity index (χ1v) is 6.40. The maximum absolute atomic E-state index is 11.6. The van der Waals surface area contributed by atoms with Gasteiger partial charge in [0.15, 0.2) is 0 Å². The molecule has 1 aromatic heterocycles. The highest BCUT2D eigenvalue weighted by atomic mass is 32.1. The van der Waals surface area contributed by atoms with Gasteiger partial charge in [-0.3, -0.25) is 20.2 Å². The largest absolute Gasteiger partial charge is 0.297 e. The minimum absolute atomic E-state index is 0.0101. The molecular weight excluding hydrogens is 280 g/mol. The van der Waals surface area contributed by atoms with Gasteiger partial charge >= 0.3 is 0 Å². The average molecular weight is 290 g/mol. The third-order valence-corrected chi connectivity index (χ3v) is 3.04. The number of carbonyl (C=O) groups is 1. The van der Waals surface area contributed by atoms with Crippen molar-refractivity contribution < 1.29 is 9.72 Å². The molecule has 0 unspecified atom stereocenters. The molecule has 0 atom stereocenters. The van der Waals surface area contributed by atoms with Crippen LogP contribution < -0.4 is 5.32 Å². The Balaban J connectivity index is 1.98. The Hall–Kier alpha value is -2.61. The van der Waals surface area contributed by atoms with Gasteiger partial charge in [-0.25, -0.2) is 0 Å². The van der Waals surface area contributed by atoms with Crippen LogP contribution in [0.25, 0.3) is 6.08 Å². The molecule has 0 fully saturated rings. The summed E-state index contributed by atoms with van der Waals surface area (Å²) < 4.78 is 0. The highest BCUT2D eigenvalue weighted by Crippen LogP contribution is 2.14. The van der Waals surface area contributed by atoms with E-state index >= 15 is 0 Å². The van der Waals surface area contributed by atoms with Gasteiger partial charge in [-0.15, -0.1) is 10.2 Å². The van der Waals surface area contributed by atoms with Gasteiger partial charge in [-0.2, -0.15) is 0 Å². The third-order valence-electron chi connectivity index (χ3n) is 2.29. The van der Waals surface area contributed by atoms with Crippen LogP contribution in [0.5, 0.6) is 0 Å². The fraction of sp³-hybridized carbons (Fsp3) is 0.0833. The number of benzene rings is 1. The molecule has 20 heavy (non-hydrogen) atoms. The number of hydrogen-bond acceptors (Lipinski definition) is 6. The number of rotatable bonds is 4. The zero-order valence-electron chi connectivity index (χ0n) is 10.4. The molecule has 2 rings (SSSR count). The molecule has 0 bridgehead atoms. The van der Waals surface area contributed by atoms with Crippen LogP contribution in [0.2, 0.25) is 0 Å². The van der Waals surface area contributed by atoms with Gasteiger partial charge in [0.2, 0.25) is 11.0 Å². The Labute approximate surface area is 118 Å². The molecule has 1 N–H and O–H groups in total. The summed E-state index contributed by atoms with van der Waals surface area (Å²) >= 11 is 1.28. The molecule has 102 valence electrons. The van der Waals surface area contributed by atoms with E-state index in [0.29, 0.717) is 10.7 Å². The lowest BCUT2D eigenvalue weighted by Crippen LogP contribution is -2.07. The molecule has 1 aromatic carbocycles. The van der Waals surface area contributed by atoms with Crippen molar-refractivity contribution in [3.8, 4) is 0 Å². The second-order valence-electron chi connectivity index (χ2n) is 3.80. The number of aromatic nitrogens is 2. The maximum Gasteiger partial charge on any atom is 0.269 e. The molecule has 0 saturated carbocycles. The lowest BCUT2D eigenvalue weighted by Gasteiger charge is -1.95. The van der Waals surface area contributed by atoms with Crippen molar-refractivity contribution in [1.29, 1.82) is 0 Å². The summed E-state index contributed by atoms with van der Waals surface area (Å²) in [5.74, 6) is -0.334. The van der Waals surface area contributed by atoms with Crippen molar-refractivity contribution in [2.75, 3.05) is 5.32 Å². The number of amides is 1. The monoisotopic (exact) mass is 290 g/mol. The van der Waals surface area contributed by atoms with E-state index in [1.165, 1.54) is 29.5 Å². The number of hydrogen-bond donors (Lipinski definition) is 1. The molecule has 0 spiro atoms. The predicted octanol–water partition coefficient (Wildman–Crippen LogP) is 2.41. The maximum atomic E-state index is 11.6. The quantitative estimate of drug-likeness (QED) is 0.529. The fourth-order valence-electron chi connectivity index (χ4n) is 1.37. The molecule has 0 aliphatic heterocycles. The number of aryl methyl sites for hydroxylation is 1. The molecule has 7 nitrogen and oxygen atoms in total. The first-order valence-electron chi connectivity index (χ1n) is 5.58. The minimum Gasteiger partial charge on any atom is -0.297 e. The summed E-state index contributed by atoms with van der Waals surface area (Å²) in [6.45, 7) is 1.79. The number of nitrogens with zero attached hydrogens (tertiary/aromatic N) is 3. The summed E-state index contributed by atoms with van der Waals surface area (Å²) in [6, 6.07) is 5.89. The zero-order valence-corrected chi connectivity index (χ0v) is 11.3. The van der Waals surface area contributed by atoms with Gasteiger partial charge in [-0.05, 0) is 30.7 Å². The molecule has 0 aliphatic rings. The first-order chi connectivity index (χ1) is 9.54. The first kappa shape index (κ1) is 13.8. The second kappa shape index (κ2) is 6.02. The van der Waals surface area contributed by atoms with E-state index in [2.05, 4.69) is 15.5 Å². The molecule has 1 amide bonds. The van der Waals surface area contributed by atoms with Crippen LogP contribution in [-0.2, 0) is 4.79 Å². The minimum atomic E-state index is -0.474. The van der Waals surface area contributed by atoms with Crippen LogP contribution in [0, 0.1) is 17.0 Å². The SMILES string of the molecule is Cc1nnc(NC(=O)/C=C/c2ccc([N+](=O)[O-])cc2)s1. The molecular formula is C12H10N4O3S. The summed E-state index contributed by atoms with van der Waals surface area (Å²) in [5.41, 5.74) is 0.704. The Morgan fingerprint density at radius 3 is 2.60 bits per heavy atom. The molecule has 0 saturated heterocycles. The average Bonchev–Trinajstić information content (AvgIpc) is 2.82. The van der Waals surface area contributed by atoms with Gasteiger partial charge in [0.05, 0.1) is 4.92 Å². The van der Waals surface area contributed by atoms with E-state index in [4.69, 9.17) is 0 Å². The van der Waals surface area contributed by atoms with Crippen LogP contribution in [0.4, 0.5) is 10.8 Å². The van der Waals surface area contributed by atoms with Crippen LogP contribution in [0.15, 0.2) is 30.3 Å². The highest BCUT2D eigenvalue weighted by Gasteiger charge is 2.04. The number of nitro groups is 1. The van der Waals surface area contributed by atoms with E-state index in [1.807, 2.05) is 0 Å². The van der Waals surface area contributed by atoms with Crippen molar-refractivity contribution in [1.82, 2.24) is 10.2 Å². The lowest BCUT2D eigenvalue weighted by molar-refractivity contribution is -0.384. The molecule has 1 heterocycles. The van der Waals surface area contributed by atoms with E-state index in [1.54, 1.807) is 25.1 Å². The molecule has 0 radical (unpaired) electrons. The van der Waals surface area contributed by atoms with E-state index < -0.39 is 4.92 Å². The van der Waals surface area contributed by atoms with Crippen molar-refractivity contribution in [3.63, 3.8) is 0 Å². The van der Waals surface area contributed by atoms with Gasteiger partial charge in [0.25, 0.3) is 5.69 Å². The number of anilines is 1. The van der Waals surface area contributed by atoms with Crippen molar-refractivity contribution in [3.05, 3.63) is 51.0 Å². The second-order valence-corrected chi connectivity index (χ2v) is 4.98. The summed E-state index contributed by atoms with van der Waals surface area (Å²) in [5, 5.41) is 21.8. The Morgan fingerprint density at radius 2 is 2.05 bits per heavy atom. The predicted molar refractivity (Wildman–Crippen MR) is 75.4 cm³/mol. The summed E-state index contributed by atoms with van der Waals surface area (Å²) in [7, 11) is 0. The van der Waals surface area contributed by atoms with Gasteiger partial charge in [0, 0.05) is 18.2 Å². The summed E-state index contributed by atoms with van der Waals surface area (Å²) in [4.78, 5) is 21.6. The van der Waals surface area contributed by atoms with Gasteiger partial charge in [0.1, 0.15) is 5.01 Å². The number of non-ortho nitro benzene ring substituents is 1. The molecule has 0 aliphatic carbocycles. The van der Waals surface area contributed by atoms with Gasteiger partial charge < -0.3 is 0 Å². The normalized spacial score (nSPS) is 10.7. The number of carbonyl (C=O) groups excluding carboxylic acids is 1. The van der Waals surface area contributed by atoms with Crippen LogP contribution >= 0.6 is 11.3 Å². The Kier molecular flexibility index (Phi) is 4.16. The van der Waals surface area contributed by atoms with Crippen LogP contribution in [-0.4, -0.2) is 21.0 Å². The number of nitrogens with one attached hydrogen (secondary N) is 1. The van der Waals surface area contributed by atoms with Crippen molar-refractivity contribution >= 4 is 34.1 Å². The number of nitro benzene ring substituents is 1. The van der Waals surface area contributed by atoms with E-state index in [0.717, 1.165) is 5.01 Å². The van der Waals surface area contributed by atoms with Crippen molar-refractivity contribution in [2.24, 2.45) is 0 Å². The third kappa shape index (κ3) is 3.69. The Morgan fingerprint density at radius 1 is 1.35 bits per heavy atom. The standard InChI is InChI=1S/C12H10N4O3S/c1-8-14-15-12(20-8)13-11(17)7-4-9-2-5-10(6-3-9)16(18)19/h2-7H,1H3,(H,13,15,17)/b7-4+. The lowest BCUT2D eigenvalue weighted by atomic mass is 10.2. The summed E-state index contributed by atoms with van der Waals surface area (Å²) in [6.07, 6.45) is 2.89. The van der Waals surface area contributed by atoms with Crippen LogP contribution in [0.3, 0.4) is 0 Å². The molecule has 8 heteroatoms. The fourth-order valence-corrected chi connectivity index (χ4v) is 1.97. The van der Waals surface area contributed by atoms with E-state index in [-0.39, 0.29) is 11.6 Å².